The highest BCUT2D eigenvalue weighted by Gasteiger charge is 2.16. The molecule has 0 saturated heterocycles. The fourth-order valence-corrected chi connectivity index (χ4v) is 3.61. The van der Waals surface area contributed by atoms with Crippen LogP contribution in [0, 0.1) is 0 Å². The van der Waals surface area contributed by atoms with Gasteiger partial charge < -0.3 is 9.73 Å². The molecule has 0 aliphatic heterocycles. The van der Waals surface area contributed by atoms with Crippen molar-refractivity contribution in [2.24, 2.45) is 0 Å². The number of aromatic nitrogens is 1. The van der Waals surface area contributed by atoms with E-state index in [1.165, 1.54) is 18.4 Å². The first-order valence-electron chi connectivity index (χ1n) is 8.09. The molecule has 0 bridgehead atoms. The Morgan fingerprint density at radius 2 is 1.65 bits per heavy atom. The van der Waals surface area contributed by atoms with E-state index in [4.69, 9.17) is 4.42 Å². The van der Waals surface area contributed by atoms with Crippen molar-refractivity contribution in [2.45, 2.75) is 17.9 Å². The molecule has 0 spiro atoms. The molecule has 0 aliphatic carbocycles. The average molecular weight is 370 g/mol. The van der Waals surface area contributed by atoms with Crippen LogP contribution in [0.25, 0.3) is 11.5 Å². The van der Waals surface area contributed by atoms with Crippen LogP contribution in [0.1, 0.15) is 12.1 Å². The minimum absolute atomic E-state index is 0.110. The molecule has 1 aromatic heterocycles. The Balaban J connectivity index is 1.51. The van der Waals surface area contributed by atoms with Crippen LogP contribution in [0.2, 0.25) is 0 Å². The highest BCUT2D eigenvalue weighted by atomic mass is 32.2. The van der Waals surface area contributed by atoms with Gasteiger partial charge in [0.25, 0.3) is 0 Å². The minimum Gasteiger partial charge on any atom is -0.444 e. The molecule has 1 N–H and O–H groups in total. The summed E-state index contributed by atoms with van der Waals surface area (Å²) in [6.07, 6.45) is 1.37. The second kappa shape index (κ2) is 7.97. The molecule has 2 aromatic carbocycles. The molecule has 0 atom stereocenters. The molecule has 0 fully saturated rings. The lowest BCUT2D eigenvalue weighted by molar-refractivity contribution is -0.120. The monoisotopic (exact) mass is 370 g/mol. The number of nitrogens with one attached hydrogen (secondary N) is 1. The van der Waals surface area contributed by atoms with Crippen LogP contribution in [0.3, 0.4) is 0 Å². The molecule has 0 radical (unpaired) electrons. The molecule has 6 nitrogen and oxygen atoms in total. The van der Waals surface area contributed by atoms with Crippen LogP contribution in [-0.2, 0) is 21.2 Å². The topological polar surface area (TPSA) is 89.3 Å². The van der Waals surface area contributed by atoms with Crippen LogP contribution in [0.5, 0.6) is 0 Å². The van der Waals surface area contributed by atoms with Crippen molar-refractivity contribution >= 4 is 15.7 Å². The molecule has 0 saturated carbocycles. The zero-order valence-electron chi connectivity index (χ0n) is 14.0. The number of hydrogen-bond acceptors (Lipinski definition) is 5. The first-order valence-corrected chi connectivity index (χ1v) is 9.74. The summed E-state index contributed by atoms with van der Waals surface area (Å²) in [5.74, 6) is -0.119. The zero-order valence-corrected chi connectivity index (χ0v) is 14.8. The summed E-state index contributed by atoms with van der Waals surface area (Å²) in [4.78, 5) is 16.5. The van der Waals surface area contributed by atoms with Gasteiger partial charge in [-0.05, 0) is 24.3 Å². The predicted octanol–water partition coefficient (Wildman–Crippen LogP) is 2.82. The molecule has 1 heterocycles. The molecule has 7 heteroatoms. The van der Waals surface area contributed by atoms with Crippen molar-refractivity contribution in [1.29, 1.82) is 0 Å². The standard InChI is InChI=1S/C19H18N2O4S/c22-18(11-12-26(23,24)17-9-5-2-6-10-17)20-13-16-14-25-19(21-16)15-7-3-1-4-8-15/h1-10,14H,11-13H2,(H,20,22). The number of carbonyl (C=O) groups is 1. The smallest absolute Gasteiger partial charge is 0.226 e. The molecule has 0 unspecified atom stereocenters. The Hall–Kier alpha value is -2.93. The Morgan fingerprint density at radius 1 is 1.00 bits per heavy atom. The van der Waals surface area contributed by atoms with E-state index in [9.17, 15) is 13.2 Å². The van der Waals surface area contributed by atoms with E-state index >= 15 is 0 Å². The summed E-state index contributed by atoms with van der Waals surface area (Å²) in [5, 5.41) is 2.66. The van der Waals surface area contributed by atoms with Crippen molar-refractivity contribution < 1.29 is 17.6 Å². The maximum Gasteiger partial charge on any atom is 0.226 e. The van der Waals surface area contributed by atoms with Gasteiger partial charge in [-0.15, -0.1) is 0 Å². The molecule has 0 aliphatic rings. The van der Waals surface area contributed by atoms with Gasteiger partial charge in [0.15, 0.2) is 9.84 Å². The van der Waals surface area contributed by atoms with E-state index in [1.807, 2.05) is 30.3 Å². The van der Waals surface area contributed by atoms with Gasteiger partial charge in [-0.2, -0.15) is 0 Å². The highest BCUT2D eigenvalue weighted by Crippen LogP contribution is 2.17. The van der Waals surface area contributed by atoms with E-state index in [2.05, 4.69) is 10.3 Å². The molecular weight excluding hydrogens is 352 g/mol. The number of amides is 1. The van der Waals surface area contributed by atoms with Crippen molar-refractivity contribution in [2.75, 3.05) is 5.75 Å². The van der Waals surface area contributed by atoms with Crippen molar-refractivity contribution in [1.82, 2.24) is 10.3 Å². The molecule has 1 amide bonds. The SMILES string of the molecule is O=C(CCS(=O)(=O)c1ccccc1)NCc1coc(-c2ccccc2)n1. The maximum absolute atomic E-state index is 12.2. The Kier molecular flexibility index (Phi) is 5.48. The van der Waals surface area contributed by atoms with Gasteiger partial charge in [-0.1, -0.05) is 36.4 Å². The molecule has 134 valence electrons. The number of benzene rings is 2. The fraction of sp³-hybridized carbons (Fsp3) is 0.158. The maximum atomic E-state index is 12.2. The van der Waals surface area contributed by atoms with E-state index in [0.717, 1.165) is 5.56 Å². The summed E-state index contributed by atoms with van der Waals surface area (Å²) in [7, 11) is -3.47. The van der Waals surface area contributed by atoms with Gasteiger partial charge >= 0.3 is 0 Å². The Morgan fingerprint density at radius 3 is 2.35 bits per heavy atom. The first-order chi connectivity index (χ1) is 12.5. The van der Waals surface area contributed by atoms with Crippen LogP contribution >= 0.6 is 0 Å². The van der Waals surface area contributed by atoms with Gasteiger partial charge in [0.1, 0.15) is 6.26 Å². The predicted molar refractivity (Wildman–Crippen MR) is 96.9 cm³/mol. The van der Waals surface area contributed by atoms with Crippen molar-refractivity contribution in [3.05, 3.63) is 72.6 Å². The second-order valence-corrected chi connectivity index (χ2v) is 7.78. The quantitative estimate of drug-likeness (QED) is 0.691. The van der Waals surface area contributed by atoms with E-state index in [-0.39, 0.29) is 29.5 Å². The minimum atomic E-state index is -3.47. The summed E-state index contributed by atoms with van der Waals surface area (Å²) >= 11 is 0. The summed E-state index contributed by atoms with van der Waals surface area (Å²) in [6, 6.07) is 17.5. The van der Waals surface area contributed by atoms with Crippen LogP contribution in [0.4, 0.5) is 0 Å². The van der Waals surface area contributed by atoms with E-state index < -0.39 is 9.84 Å². The number of sulfone groups is 1. The molecule has 3 rings (SSSR count). The van der Waals surface area contributed by atoms with Gasteiger partial charge in [0.2, 0.25) is 11.8 Å². The van der Waals surface area contributed by atoms with Crippen LogP contribution < -0.4 is 5.32 Å². The fourth-order valence-electron chi connectivity index (χ4n) is 2.35. The largest absolute Gasteiger partial charge is 0.444 e. The third-order valence-corrected chi connectivity index (χ3v) is 5.47. The van der Waals surface area contributed by atoms with Gasteiger partial charge in [0.05, 0.1) is 22.9 Å². The number of oxazole rings is 1. The Labute approximate surface area is 151 Å². The van der Waals surface area contributed by atoms with Gasteiger partial charge in [-0.3, -0.25) is 4.79 Å². The number of nitrogens with zero attached hydrogens (tertiary/aromatic N) is 1. The van der Waals surface area contributed by atoms with Crippen LogP contribution in [-0.4, -0.2) is 25.1 Å². The zero-order chi connectivity index (χ0) is 18.4. The lowest BCUT2D eigenvalue weighted by atomic mass is 10.2. The van der Waals surface area contributed by atoms with E-state index in [0.29, 0.717) is 11.6 Å². The summed E-state index contributed by atoms with van der Waals surface area (Å²) in [5.41, 5.74) is 1.42. The number of hydrogen-bond donors (Lipinski definition) is 1. The molecule has 3 aromatic rings. The third kappa shape index (κ3) is 4.58. The molecular formula is C19H18N2O4S. The highest BCUT2D eigenvalue weighted by molar-refractivity contribution is 7.91. The first kappa shape index (κ1) is 17.9. The number of carbonyl (C=O) groups excluding carboxylic acids is 1. The van der Waals surface area contributed by atoms with Crippen molar-refractivity contribution in [3.63, 3.8) is 0 Å². The normalized spacial score (nSPS) is 11.2. The molecule has 26 heavy (non-hydrogen) atoms. The van der Waals surface area contributed by atoms with Gasteiger partial charge in [0, 0.05) is 12.0 Å². The second-order valence-electron chi connectivity index (χ2n) is 5.67. The Bertz CT molecular complexity index is 967. The van der Waals surface area contributed by atoms with Gasteiger partial charge in [-0.25, -0.2) is 13.4 Å². The summed E-state index contributed by atoms with van der Waals surface area (Å²) < 4.78 is 29.7. The summed E-state index contributed by atoms with van der Waals surface area (Å²) in [6.45, 7) is 0.181. The lowest BCUT2D eigenvalue weighted by Gasteiger charge is -2.05. The van der Waals surface area contributed by atoms with E-state index in [1.54, 1.807) is 18.2 Å². The van der Waals surface area contributed by atoms with Crippen molar-refractivity contribution in [3.8, 4) is 11.5 Å². The average Bonchev–Trinajstić information content (AvgIpc) is 3.15. The van der Waals surface area contributed by atoms with Crippen LogP contribution in [0.15, 0.2) is 76.2 Å². The third-order valence-electron chi connectivity index (χ3n) is 3.74. The number of rotatable bonds is 7. The lowest BCUT2D eigenvalue weighted by Crippen LogP contribution is -2.25.